The molecule has 1 aliphatic carbocycles. The molecule has 0 amide bonds. The molecule has 3 unspecified atom stereocenters. The Balaban J connectivity index is 2.17. The van der Waals surface area contributed by atoms with Crippen molar-refractivity contribution in [2.45, 2.75) is 58.0 Å². The van der Waals surface area contributed by atoms with E-state index in [-0.39, 0.29) is 5.54 Å². The van der Waals surface area contributed by atoms with Gasteiger partial charge in [0.05, 0.1) is 0 Å². The minimum Gasteiger partial charge on any atom is -0.329 e. The molecular weight excluding hydrogens is 240 g/mol. The van der Waals surface area contributed by atoms with Crippen LogP contribution in [0, 0.1) is 11.3 Å². The van der Waals surface area contributed by atoms with Crippen LogP contribution in [0.25, 0.3) is 0 Å². The number of likely N-dealkylation sites (N-methyl/N-ethyl adjacent to an activating group) is 1. The lowest BCUT2D eigenvalue weighted by Gasteiger charge is -2.53. The van der Waals surface area contributed by atoms with Crippen molar-refractivity contribution in [3.63, 3.8) is 0 Å². The Bertz CT molecular complexity index is 286. The zero-order valence-electron chi connectivity index (χ0n) is 12.5. The highest BCUT2D eigenvalue weighted by molar-refractivity contribution is 7.99. The Labute approximate surface area is 117 Å². The van der Waals surface area contributed by atoms with E-state index in [0.29, 0.717) is 5.41 Å². The number of rotatable bonds is 3. The Morgan fingerprint density at radius 1 is 1.33 bits per heavy atom. The maximum Gasteiger partial charge on any atom is 0.0339 e. The van der Waals surface area contributed by atoms with Crippen molar-refractivity contribution in [1.82, 2.24) is 4.90 Å². The standard InChI is InChI=1S/C15H30N2S/c1-12-7-14(2,3)10-15(8-12,11-16)17(4)13-5-6-18-9-13/h12-13H,5-11,16H2,1-4H3. The number of nitrogens with two attached hydrogens (primary N) is 1. The molecule has 2 aliphatic rings. The molecule has 0 spiro atoms. The normalized spacial score (nSPS) is 40.3. The second-order valence-corrected chi connectivity index (χ2v) is 8.56. The molecule has 0 bridgehead atoms. The monoisotopic (exact) mass is 270 g/mol. The van der Waals surface area contributed by atoms with Gasteiger partial charge in [0.1, 0.15) is 0 Å². The van der Waals surface area contributed by atoms with E-state index in [9.17, 15) is 0 Å². The summed E-state index contributed by atoms with van der Waals surface area (Å²) in [6.45, 7) is 8.07. The van der Waals surface area contributed by atoms with E-state index in [1.54, 1.807) is 0 Å². The molecular formula is C15H30N2S. The smallest absolute Gasteiger partial charge is 0.0339 e. The van der Waals surface area contributed by atoms with E-state index in [2.05, 4.69) is 44.5 Å². The van der Waals surface area contributed by atoms with Gasteiger partial charge in [0.25, 0.3) is 0 Å². The van der Waals surface area contributed by atoms with Gasteiger partial charge in [-0.25, -0.2) is 0 Å². The largest absolute Gasteiger partial charge is 0.329 e. The number of hydrogen-bond acceptors (Lipinski definition) is 3. The van der Waals surface area contributed by atoms with Crippen molar-refractivity contribution >= 4 is 11.8 Å². The van der Waals surface area contributed by atoms with Crippen molar-refractivity contribution in [2.24, 2.45) is 17.1 Å². The third kappa shape index (κ3) is 2.88. The lowest BCUT2D eigenvalue weighted by molar-refractivity contribution is -0.0145. The molecule has 2 N–H and O–H groups in total. The Kier molecular flexibility index (Phi) is 4.35. The summed E-state index contributed by atoms with van der Waals surface area (Å²) in [5.74, 6) is 3.43. The predicted molar refractivity (Wildman–Crippen MR) is 82.1 cm³/mol. The van der Waals surface area contributed by atoms with E-state index in [1.165, 1.54) is 37.2 Å². The van der Waals surface area contributed by atoms with Crippen LogP contribution in [0.4, 0.5) is 0 Å². The van der Waals surface area contributed by atoms with E-state index in [4.69, 9.17) is 5.73 Å². The van der Waals surface area contributed by atoms with Gasteiger partial charge in [0.2, 0.25) is 0 Å². The van der Waals surface area contributed by atoms with Gasteiger partial charge in [-0.05, 0) is 49.8 Å². The van der Waals surface area contributed by atoms with Gasteiger partial charge < -0.3 is 5.73 Å². The summed E-state index contributed by atoms with van der Waals surface area (Å²) in [4.78, 5) is 2.66. The zero-order chi connectivity index (χ0) is 13.4. The van der Waals surface area contributed by atoms with E-state index < -0.39 is 0 Å². The molecule has 2 nitrogen and oxygen atoms in total. The fourth-order valence-electron chi connectivity index (χ4n) is 4.48. The summed E-state index contributed by atoms with van der Waals surface area (Å²) in [6, 6.07) is 0.750. The van der Waals surface area contributed by atoms with E-state index >= 15 is 0 Å². The summed E-state index contributed by atoms with van der Waals surface area (Å²) < 4.78 is 0. The van der Waals surface area contributed by atoms with Crippen LogP contribution >= 0.6 is 11.8 Å². The molecule has 0 aromatic rings. The lowest BCUT2D eigenvalue weighted by Crippen LogP contribution is -2.60. The van der Waals surface area contributed by atoms with Crippen molar-refractivity contribution in [3.05, 3.63) is 0 Å². The van der Waals surface area contributed by atoms with Crippen molar-refractivity contribution in [1.29, 1.82) is 0 Å². The Morgan fingerprint density at radius 2 is 2.06 bits per heavy atom. The molecule has 1 aliphatic heterocycles. The molecule has 0 aromatic carbocycles. The molecule has 2 fully saturated rings. The zero-order valence-corrected chi connectivity index (χ0v) is 13.4. The van der Waals surface area contributed by atoms with Gasteiger partial charge in [0, 0.05) is 23.9 Å². The Morgan fingerprint density at radius 3 is 2.56 bits per heavy atom. The predicted octanol–water partition coefficient (Wildman–Crippen LogP) is 2.97. The summed E-state index contributed by atoms with van der Waals surface area (Å²) in [6.07, 6.45) is 5.24. The highest BCUT2D eigenvalue weighted by atomic mass is 32.2. The molecule has 1 saturated carbocycles. The second kappa shape index (κ2) is 5.34. The molecule has 2 rings (SSSR count). The van der Waals surface area contributed by atoms with Crippen LogP contribution in [0.3, 0.4) is 0 Å². The van der Waals surface area contributed by atoms with Crippen LogP contribution in [0.5, 0.6) is 0 Å². The number of nitrogens with zero attached hydrogens (tertiary/aromatic N) is 1. The second-order valence-electron chi connectivity index (χ2n) is 7.41. The molecule has 3 heteroatoms. The first-order valence-corrected chi connectivity index (χ1v) is 8.55. The van der Waals surface area contributed by atoms with Gasteiger partial charge >= 0.3 is 0 Å². The van der Waals surface area contributed by atoms with Gasteiger partial charge in [-0.15, -0.1) is 0 Å². The van der Waals surface area contributed by atoms with E-state index in [0.717, 1.165) is 18.5 Å². The minimum absolute atomic E-state index is 0.247. The summed E-state index contributed by atoms with van der Waals surface area (Å²) in [5, 5.41) is 0. The minimum atomic E-state index is 0.247. The number of thioether (sulfide) groups is 1. The average molecular weight is 270 g/mol. The topological polar surface area (TPSA) is 29.3 Å². The molecule has 1 heterocycles. The number of hydrogen-bond donors (Lipinski definition) is 1. The third-order valence-electron chi connectivity index (χ3n) is 5.02. The maximum absolute atomic E-state index is 6.24. The first kappa shape index (κ1) is 14.7. The molecule has 106 valence electrons. The molecule has 0 aromatic heterocycles. The van der Waals surface area contributed by atoms with Crippen molar-refractivity contribution in [3.8, 4) is 0 Å². The summed E-state index contributed by atoms with van der Waals surface area (Å²) in [7, 11) is 2.33. The van der Waals surface area contributed by atoms with Crippen LogP contribution < -0.4 is 5.73 Å². The average Bonchev–Trinajstić information content (AvgIpc) is 2.78. The highest BCUT2D eigenvalue weighted by Crippen LogP contribution is 2.47. The highest BCUT2D eigenvalue weighted by Gasteiger charge is 2.46. The van der Waals surface area contributed by atoms with Crippen molar-refractivity contribution in [2.75, 3.05) is 25.1 Å². The quantitative estimate of drug-likeness (QED) is 0.855. The van der Waals surface area contributed by atoms with Crippen molar-refractivity contribution < 1.29 is 0 Å². The van der Waals surface area contributed by atoms with Crippen LogP contribution in [0.2, 0.25) is 0 Å². The van der Waals surface area contributed by atoms with Crippen LogP contribution in [-0.4, -0.2) is 41.6 Å². The molecule has 3 atom stereocenters. The molecule has 18 heavy (non-hydrogen) atoms. The van der Waals surface area contributed by atoms with Crippen LogP contribution in [0.15, 0.2) is 0 Å². The first-order chi connectivity index (χ1) is 8.38. The van der Waals surface area contributed by atoms with Crippen LogP contribution in [-0.2, 0) is 0 Å². The third-order valence-corrected chi connectivity index (χ3v) is 6.16. The summed E-state index contributed by atoms with van der Waals surface area (Å²) in [5.41, 5.74) is 6.93. The lowest BCUT2D eigenvalue weighted by atomic mass is 9.63. The fraction of sp³-hybridized carbons (Fsp3) is 1.00. The maximum atomic E-state index is 6.24. The molecule has 0 radical (unpaired) electrons. The van der Waals surface area contributed by atoms with Gasteiger partial charge in [-0.1, -0.05) is 20.8 Å². The van der Waals surface area contributed by atoms with Gasteiger partial charge in [-0.2, -0.15) is 11.8 Å². The summed E-state index contributed by atoms with van der Waals surface area (Å²) >= 11 is 2.10. The fourth-order valence-corrected chi connectivity index (χ4v) is 5.75. The van der Waals surface area contributed by atoms with Gasteiger partial charge in [0.15, 0.2) is 0 Å². The van der Waals surface area contributed by atoms with E-state index in [1.807, 2.05) is 0 Å². The first-order valence-electron chi connectivity index (χ1n) is 7.39. The van der Waals surface area contributed by atoms with Gasteiger partial charge in [-0.3, -0.25) is 4.90 Å². The molecule has 1 saturated heterocycles. The van der Waals surface area contributed by atoms with Crippen LogP contribution in [0.1, 0.15) is 46.5 Å². The SMILES string of the molecule is CC1CC(C)(C)CC(CN)(N(C)C2CCSC2)C1. The Hall–Kier alpha value is 0.270.